The maximum Gasteiger partial charge on any atom is 0.196 e. The molecule has 120 valence electrons. The van der Waals surface area contributed by atoms with E-state index in [-0.39, 0.29) is 0 Å². The summed E-state index contributed by atoms with van der Waals surface area (Å²) in [7, 11) is 0. The largest absolute Gasteiger partial charge is 0.379 e. The molecular weight excluding hydrogens is 288 g/mol. The highest BCUT2D eigenvalue weighted by molar-refractivity contribution is 6.02. The molecule has 2 fully saturated rings. The zero-order valence-corrected chi connectivity index (χ0v) is 12.7. The Morgan fingerprint density at radius 2 is 1.77 bits per heavy atom. The van der Waals surface area contributed by atoms with E-state index in [0.29, 0.717) is 5.56 Å². The standard InChI is InChI=1S/C16H20O6/c1-15(2)21-10-11(22-15)14(18)20-13(10)16(3,19)12(17)9-7-5-4-6-8-9/h4-8,10-11,13-14,18-19H,1-3H3/t10-,11+,13-,14?,16-/m0/s1. The maximum absolute atomic E-state index is 12.6. The van der Waals surface area contributed by atoms with E-state index >= 15 is 0 Å². The molecule has 5 atom stereocenters. The molecular formula is C16H20O6. The van der Waals surface area contributed by atoms with E-state index in [9.17, 15) is 15.0 Å². The van der Waals surface area contributed by atoms with Crippen molar-refractivity contribution in [3.05, 3.63) is 35.9 Å². The average molecular weight is 308 g/mol. The molecule has 22 heavy (non-hydrogen) atoms. The third-order valence-electron chi connectivity index (χ3n) is 4.08. The van der Waals surface area contributed by atoms with Crippen LogP contribution in [0.5, 0.6) is 0 Å². The van der Waals surface area contributed by atoms with E-state index < -0.39 is 41.8 Å². The summed E-state index contributed by atoms with van der Waals surface area (Å²) >= 11 is 0. The molecule has 1 unspecified atom stereocenters. The summed E-state index contributed by atoms with van der Waals surface area (Å²) in [6.07, 6.45) is -3.70. The number of hydrogen-bond acceptors (Lipinski definition) is 6. The number of hydrogen-bond donors (Lipinski definition) is 2. The lowest BCUT2D eigenvalue weighted by atomic mass is 9.86. The van der Waals surface area contributed by atoms with Crippen molar-refractivity contribution < 1.29 is 29.2 Å². The minimum absolute atomic E-state index is 0.368. The van der Waals surface area contributed by atoms with Crippen molar-refractivity contribution in [2.75, 3.05) is 0 Å². The second kappa shape index (κ2) is 5.11. The number of carbonyl (C=O) groups excluding carboxylic acids is 1. The first-order valence-corrected chi connectivity index (χ1v) is 7.24. The molecule has 6 heteroatoms. The van der Waals surface area contributed by atoms with E-state index in [1.54, 1.807) is 44.2 Å². The van der Waals surface area contributed by atoms with Gasteiger partial charge in [0.05, 0.1) is 0 Å². The molecule has 0 spiro atoms. The van der Waals surface area contributed by atoms with Crippen LogP contribution in [0, 0.1) is 0 Å². The molecule has 0 aliphatic carbocycles. The average Bonchev–Trinajstić information content (AvgIpc) is 2.94. The van der Waals surface area contributed by atoms with E-state index in [0.717, 1.165) is 0 Å². The monoisotopic (exact) mass is 308 g/mol. The van der Waals surface area contributed by atoms with Gasteiger partial charge >= 0.3 is 0 Å². The minimum atomic E-state index is -1.84. The Morgan fingerprint density at radius 3 is 2.41 bits per heavy atom. The van der Waals surface area contributed by atoms with Crippen molar-refractivity contribution in [3.8, 4) is 0 Å². The minimum Gasteiger partial charge on any atom is -0.379 e. The molecule has 3 rings (SSSR count). The second-order valence-corrected chi connectivity index (χ2v) is 6.35. The molecule has 0 aromatic heterocycles. The fourth-order valence-electron chi connectivity index (χ4n) is 3.04. The van der Waals surface area contributed by atoms with Gasteiger partial charge in [-0.3, -0.25) is 4.79 Å². The van der Waals surface area contributed by atoms with Crippen LogP contribution in [0.3, 0.4) is 0 Å². The highest BCUT2D eigenvalue weighted by Crippen LogP contribution is 2.41. The summed E-state index contributed by atoms with van der Waals surface area (Å²) in [6, 6.07) is 8.46. The molecule has 0 saturated carbocycles. The van der Waals surface area contributed by atoms with Crippen molar-refractivity contribution in [2.24, 2.45) is 0 Å². The van der Waals surface area contributed by atoms with E-state index in [4.69, 9.17) is 14.2 Å². The van der Waals surface area contributed by atoms with Gasteiger partial charge in [-0.1, -0.05) is 30.3 Å². The van der Waals surface area contributed by atoms with Crippen molar-refractivity contribution in [3.63, 3.8) is 0 Å². The molecule has 2 saturated heterocycles. The third-order valence-corrected chi connectivity index (χ3v) is 4.08. The first-order valence-electron chi connectivity index (χ1n) is 7.24. The van der Waals surface area contributed by atoms with Crippen molar-refractivity contribution in [1.82, 2.24) is 0 Å². The molecule has 2 aliphatic rings. The number of carbonyl (C=O) groups is 1. The van der Waals surface area contributed by atoms with Gasteiger partial charge in [0.1, 0.15) is 18.3 Å². The molecule has 2 N–H and O–H groups in total. The molecule has 2 aliphatic heterocycles. The Morgan fingerprint density at radius 1 is 1.18 bits per heavy atom. The highest BCUT2D eigenvalue weighted by atomic mass is 16.8. The fourth-order valence-corrected chi connectivity index (χ4v) is 3.04. The topological polar surface area (TPSA) is 85.2 Å². The summed E-state index contributed by atoms with van der Waals surface area (Å²) in [5, 5.41) is 20.7. The van der Waals surface area contributed by atoms with E-state index in [2.05, 4.69) is 0 Å². The number of ether oxygens (including phenoxy) is 3. The van der Waals surface area contributed by atoms with Gasteiger partial charge in [0, 0.05) is 5.56 Å². The van der Waals surface area contributed by atoms with Gasteiger partial charge in [0.25, 0.3) is 0 Å². The number of rotatable bonds is 3. The van der Waals surface area contributed by atoms with Crippen LogP contribution in [0.1, 0.15) is 31.1 Å². The van der Waals surface area contributed by atoms with Gasteiger partial charge in [-0.25, -0.2) is 0 Å². The highest BCUT2D eigenvalue weighted by Gasteiger charge is 2.61. The Hall–Kier alpha value is -1.31. The van der Waals surface area contributed by atoms with Crippen LogP contribution in [0.2, 0.25) is 0 Å². The zero-order chi connectivity index (χ0) is 16.1. The van der Waals surface area contributed by atoms with Crippen LogP contribution in [-0.4, -0.2) is 52.0 Å². The summed E-state index contributed by atoms with van der Waals surface area (Å²) in [5.74, 6) is -1.39. The Labute approximate surface area is 128 Å². The summed E-state index contributed by atoms with van der Waals surface area (Å²) < 4.78 is 16.6. The quantitative estimate of drug-likeness (QED) is 0.806. The molecule has 6 nitrogen and oxygen atoms in total. The van der Waals surface area contributed by atoms with E-state index in [1.165, 1.54) is 6.92 Å². The Balaban J connectivity index is 1.88. The number of fused-ring (bicyclic) bond motifs is 1. The third kappa shape index (κ3) is 2.47. The normalized spacial score (nSPS) is 35.9. The SMILES string of the molecule is CC1(C)O[C@H]2[C@@H](O1)C(O)O[C@@H]2[C@@](C)(O)C(=O)c1ccccc1. The first kappa shape index (κ1) is 15.6. The Bertz CT molecular complexity index is 567. The number of benzene rings is 1. The van der Waals surface area contributed by atoms with Crippen LogP contribution < -0.4 is 0 Å². The first-order chi connectivity index (χ1) is 10.2. The van der Waals surface area contributed by atoms with Gasteiger partial charge < -0.3 is 24.4 Å². The maximum atomic E-state index is 12.6. The van der Waals surface area contributed by atoms with Gasteiger partial charge in [-0.2, -0.15) is 0 Å². The summed E-state index contributed by atoms with van der Waals surface area (Å²) in [5.41, 5.74) is -1.47. The predicted octanol–water partition coefficient (Wildman–Crippen LogP) is 0.858. The van der Waals surface area contributed by atoms with Crippen molar-refractivity contribution in [2.45, 2.75) is 56.8 Å². The number of Topliss-reactive ketones (excluding diaryl/α,β-unsaturated/α-hetero) is 1. The Kier molecular flexibility index (Phi) is 3.62. The number of aliphatic hydroxyl groups is 2. The summed E-state index contributed by atoms with van der Waals surface area (Å²) in [4.78, 5) is 12.6. The van der Waals surface area contributed by atoms with Crippen molar-refractivity contribution in [1.29, 1.82) is 0 Å². The lowest BCUT2D eigenvalue weighted by Crippen LogP contribution is -2.52. The van der Waals surface area contributed by atoms with Crippen molar-refractivity contribution >= 4 is 5.78 Å². The molecule has 0 bridgehead atoms. The lowest BCUT2D eigenvalue weighted by molar-refractivity contribution is -0.235. The van der Waals surface area contributed by atoms with E-state index in [1.807, 2.05) is 0 Å². The van der Waals surface area contributed by atoms with Gasteiger partial charge in [0.2, 0.25) is 0 Å². The van der Waals surface area contributed by atoms with Gasteiger partial charge in [-0.15, -0.1) is 0 Å². The van der Waals surface area contributed by atoms with Gasteiger partial charge in [-0.05, 0) is 20.8 Å². The number of ketones is 1. The smallest absolute Gasteiger partial charge is 0.196 e. The second-order valence-electron chi connectivity index (χ2n) is 6.35. The molecule has 0 amide bonds. The molecule has 0 radical (unpaired) electrons. The molecule has 2 heterocycles. The fraction of sp³-hybridized carbons (Fsp3) is 0.562. The molecule has 1 aromatic rings. The van der Waals surface area contributed by atoms with Crippen LogP contribution >= 0.6 is 0 Å². The van der Waals surface area contributed by atoms with Crippen LogP contribution in [-0.2, 0) is 14.2 Å². The predicted molar refractivity (Wildman–Crippen MR) is 76.1 cm³/mol. The van der Waals surface area contributed by atoms with Crippen LogP contribution in [0.4, 0.5) is 0 Å². The lowest BCUT2D eigenvalue weighted by Gasteiger charge is -2.32. The van der Waals surface area contributed by atoms with Crippen LogP contribution in [0.15, 0.2) is 30.3 Å². The number of aliphatic hydroxyl groups excluding tert-OH is 1. The van der Waals surface area contributed by atoms with Crippen LogP contribution in [0.25, 0.3) is 0 Å². The molecule has 1 aromatic carbocycles. The van der Waals surface area contributed by atoms with Gasteiger partial charge in [0.15, 0.2) is 23.5 Å². The zero-order valence-electron chi connectivity index (χ0n) is 12.7. The summed E-state index contributed by atoms with van der Waals surface area (Å²) in [6.45, 7) is 4.79.